The minimum absolute atomic E-state index is 0. The Balaban J connectivity index is 0.00000512. The lowest BCUT2D eigenvalue weighted by molar-refractivity contribution is 0.145. The van der Waals surface area contributed by atoms with E-state index < -0.39 is 0 Å². The Morgan fingerprint density at radius 1 is 1.09 bits per heavy atom. The number of aryl methyl sites for hydroxylation is 2. The number of ether oxygens (including phenoxy) is 2. The fourth-order valence-electron chi connectivity index (χ4n) is 3.18. The Kier molecular flexibility index (Phi) is 13.7. The maximum Gasteiger partial charge on any atom is 0.250 e. The summed E-state index contributed by atoms with van der Waals surface area (Å²) in [5, 5.41) is 6.67. The first-order chi connectivity index (χ1) is 15.0. The molecule has 0 fully saturated rings. The molecule has 2 aromatic rings. The van der Waals surface area contributed by atoms with E-state index in [2.05, 4.69) is 22.8 Å². The second-order valence-corrected chi connectivity index (χ2v) is 7.44. The van der Waals surface area contributed by atoms with Crippen molar-refractivity contribution >= 4 is 29.9 Å². The number of guanidine groups is 1. The number of benzene rings is 1. The first-order valence-electron chi connectivity index (χ1n) is 10.9. The van der Waals surface area contributed by atoms with E-state index in [-0.39, 0.29) is 29.5 Å². The highest BCUT2D eigenvalue weighted by Gasteiger charge is 2.06. The number of hydrogen-bond acceptors (Lipinski definition) is 4. The SMILES string of the molecule is CCNC(=NCc1ccc(C)cc1OCCOC)NCCCCn1c(C)cccc1=O.I. The van der Waals surface area contributed by atoms with Crippen LogP contribution in [-0.4, -0.2) is 43.9 Å². The van der Waals surface area contributed by atoms with E-state index in [4.69, 9.17) is 14.5 Å². The van der Waals surface area contributed by atoms with E-state index in [9.17, 15) is 4.79 Å². The molecule has 0 aliphatic rings. The summed E-state index contributed by atoms with van der Waals surface area (Å²) < 4.78 is 12.8. The molecule has 0 amide bonds. The number of hydrogen-bond donors (Lipinski definition) is 2. The summed E-state index contributed by atoms with van der Waals surface area (Å²) in [7, 11) is 1.67. The average molecular weight is 556 g/mol. The normalized spacial score (nSPS) is 11.1. The topological polar surface area (TPSA) is 76.9 Å². The third kappa shape index (κ3) is 9.60. The maximum absolute atomic E-state index is 11.9. The van der Waals surface area contributed by atoms with Crippen molar-refractivity contribution in [3.8, 4) is 5.75 Å². The molecule has 7 nitrogen and oxygen atoms in total. The lowest BCUT2D eigenvalue weighted by Gasteiger charge is -2.14. The third-order valence-corrected chi connectivity index (χ3v) is 4.89. The third-order valence-electron chi connectivity index (χ3n) is 4.89. The smallest absolute Gasteiger partial charge is 0.250 e. The Labute approximate surface area is 208 Å². The number of nitrogens with one attached hydrogen (secondary N) is 2. The summed E-state index contributed by atoms with van der Waals surface area (Å²) in [5.41, 5.74) is 3.25. The molecule has 0 aliphatic heterocycles. The van der Waals surface area contributed by atoms with Gasteiger partial charge in [-0.1, -0.05) is 18.2 Å². The first-order valence-corrected chi connectivity index (χ1v) is 10.9. The van der Waals surface area contributed by atoms with Crippen LogP contribution in [0.5, 0.6) is 5.75 Å². The van der Waals surface area contributed by atoms with Crippen molar-refractivity contribution in [2.75, 3.05) is 33.4 Å². The van der Waals surface area contributed by atoms with E-state index in [0.29, 0.717) is 19.8 Å². The van der Waals surface area contributed by atoms with Crippen LogP contribution in [0.15, 0.2) is 46.2 Å². The monoisotopic (exact) mass is 556 g/mol. The minimum Gasteiger partial charge on any atom is -0.491 e. The zero-order valence-electron chi connectivity index (χ0n) is 19.6. The zero-order valence-corrected chi connectivity index (χ0v) is 22.0. The molecule has 0 saturated heterocycles. The van der Waals surface area contributed by atoms with Crippen LogP contribution in [0.4, 0.5) is 0 Å². The van der Waals surface area contributed by atoms with Gasteiger partial charge in [-0.25, -0.2) is 4.99 Å². The Hall–Kier alpha value is -2.07. The number of pyridine rings is 1. The molecule has 0 atom stereocenters. The molecular formula is C24H37IN4O3. The van der Waals surface area contributed by atoms with Crippen LogP contribution in [0.1, 0.15) is 36.6 Å². The molecule has 0 aliphatic carbocycles. The molecule has 1 heterocycles. The van der Waals surface area contributed by atoms with Crippen LogP contribution in [-0.2, 0) is 17.8 Å². The largest absolute Gasteiger partial charge is 0.491 e. The van der Waals surface area contributed by atoms with Crippen molar-refractivity contribution in [3.05, 3.63) is 63.6 Å². The molecular weight excluding hydrogens is 519 g/mol. The molecule has 2 N–H and O–H groups in total. The fourth-order valence-corrected chi connectivity index (χ4v) is 3.18. The van der Waals surface area contributed by atoms with E-state index >= 15 is 0 Å². The highest BCUT2D eigenvalue weighted by atomic mass is 127. The molecule has 0 bridgehead atoms. The van der Waals surface area contributed by atoms with Gasteiger partial charge in [0.15, 0.2) is 5.96 Å². The van der Waals surface area contributed by atoms with Gasteiger partial charge < -0.3 is 24.7 Å². The molecule has 1 aromatic carbocycles. The average Bonchev–Trinajstić information content (AvgIpc) is 2.74. The van der Waals surface area contributed by atoms with Crippen LogP contribution in [0.3, 0.4) is 0 Å². The van der Waals surface area contributed by atoms with Crippen molar-refractivity contribution in [2.45, 2.75) is 46.7 Å². The lowest BCUT2D eigenvalue weighted by atomic mass is 10.1. The van der Waals surface area contributed by atoms with Crippen LogP contribution < -0.4 is 20.9 Å². The van der Waals surface area contributed by atoms with Crippen molar-refractivity contribution in [1.82, 2.24) is 15.2 Å². The van der Waals surface area contributed by atoms with Gasteiger partial charge in [0.2, 0.25) is 0 Å². The summed E-state index contributed by atoms with van der Waals surface area (Å²) in [5.74, 6) is 1.62. The highest BCUT2D eigenvalue weighted by Crippen LogP contribution is 2.21. The van der Waals surface area contributed by atoms with Gasteiger partial charge in [-0.15, -0.1) is 24.0 Å². The number of nitrogens with zero attached hydrogens (tertiary/aromatic N) is 2. The predicted molar refractivity (Wildman–Crippen MR) is 141 cm³/mol. The van der Waals surface area contributed by atoms with Crippen molar-refractivity contribution in [1.29, 1.82) is 0 Å². The molecule has 0 spiro atoms. The number of aliphatic imine (C=N–C) groups is 1. The second-order valence-electron chi connectivity index (χ2n) is 7.44. The fraction of sp³-hybridized carbons (Fsp3) is 0.500. The van der Waals surface area contributed by atoms with Crippen molar-refractivity contribution < 1.29 is 9.47 Å². The van der Waals surface area contributed by atoms with Gasteiger partial charge in [0.1, 0.15) is 12.4 Å². The summed E-state index contributed by atoms with van der Waals surface area (Å²) in [6.45, 7) is 9.96. The van der Waals surface area contributed by atoms with Gasteiger partial charge in [0.05, 0.1) is 13.2 Å². The molecule has 2 rings (SSSR count). The second kappa shape index (κ2) is 15.7. The summed E-state index contributed by atoms with van der Waals surface area (Å²) in [4.78, 5) is 16.7. The van der Waals surface area contributed by atoms with Crippen LogP contribution >= 0.6 is 24.0 Å². The van der Waals surface area contributed by atoms with Crippen LogP contribution in [0, 0.1) is 13.8 Å². The number of methoxy groups -OCH3 is 1. The van der Waals surface area contributed by atoms with E-state index in [1.807, 2.05) is 37.5 Å². The lowest BCUT2D eigenvalue weighted by Crippen LogP contribution is -2.37. The Morgan fingerprint density at radius 2 is 1.91 bits per heavy atom. The quantitative estimate of drug-likeness (QED) is 0.181. The number of unbranched alkanes of at least 4 members (excludes halogenated alkanes) is 1. The van der Waals surface area contributed by atoms with Crippen LogP contribution in [0.25, 0.3) is 0 Å². The number of halogens is 1. The summed E-state index contributed by atoms with van der Waals surface area (Å²) in [6, 6.07) is 11.5. The van der Waals surface area contributed by atoms with Gasteiger partial charge in [-0.05, 0) is 51.3 Å². The zero-order chi connectivity index (χ0) is 22.5. The molecule has 0 radical (unpaired) electrons. The molecule has 32 heavy (non-hydrogen) atoms. The van der Waals surface area contributed by atoms with Gasteiger partial charge in [0, 0.05) is 44.1 Å². The van der Waals surface area contributed by atoms with E-state index in [1.165, 1.54) is 0 Å². The minimum atomic E-state index is 0. The van der Waals surface area contributed by atoms with Gasteiger partial charge in [-0.2, -0.15) is 0 Å². The molecule has 8 heteroatoms. The van der Waals surface area contributed by atoms with Crippen LogP contribution in [0.2, 0.25) is 0 Å². The van der Waals surface area contributed by atoms with E-state index in [1.54, 1.807) is 19.2 Å². The molecule has 178 valence electrons. The molecule has 1 aromatic heterocycles. The predicted octanol–water partition coefficient (Wildman–Crippen LogP) is 3.64. The maximum atomic E-state index is 11.9. The number of rotatable bonds is 12. The molecule has 0 saturated carbocycles. The Bertz CT molecular complexity index is 899. The van der Waals surface area contributed by atoms with Gasteiger partial charge >= 0.3 is 0 Å². The standard InChI is InChI=1S/C24H36N4O3.HI/c1-5-25-24(26-13-6-7-14-28-20(3)9-8-10-23(28)29)27-18-21-12-11-19(2)17-22(21)31-16-15-30-4;/h8-12,17H,5-7,13-16,18H2,1-4H3,(H2,25,26,27);1H. The van der Waals surface area contributed by atoms with Gasteiger partial charge in [0.25, 0.3) is 5.56 Å². The van der Waals surface area contributed by atoms with E-state index in [0.717, 1.165) is 61.0 Å². The van der Waals surface area contributed by atoms with Gasteiger partial charge in [-0.3, -0.25) is 4.79 Å². The van der Waals surface area contributed by atoms with Crippen molar-refractivity contribution in [2.24, 2.45) is 4.99 Å². The first kappa shape index (κ1) is 28.0. The van der Waals surface area contributed by atoms with Crippen molar-refractivity contribution in [3.63, 3.8) is 0 Å². The summed E-state index contributed by atoms with van der Waals surface area (Å²) in [6.07, 6.45) is 1.87. The molecule has 0 unspecified atom stereocenters. The number of aromatic nitrogens is 1. The highest BCUT2D eigenvalue weighted by molar-refractivity contribution is 14.0. The Morgan fingerprint density at radius 3 is 2.62 bits per heavy atom. The summed E-state index contributed by atoms with van der Waals surface area (Å²) >= 11 is 0.